The largest absolute Gasteiger partial charge is 0.369 e. The summed E-state index contributed by atoms with van der Waals surface area (Å²) in [6.45, 7) is 2.02. The number of aromatic nitrogens is 2. The predicted octanol–water partition coefficient (Wildman–Crippen LogP) is 2.18. The summed E-state index contributed by atoms with van der Waals surface area (Å²) in [5, 5.41) is 6.81. The first-order valence-corrected chi connectivity index (χ1v) is 6.61. The molecule has 94 valence electrons. The molecule has 4 heteroatoms. The summed E-state index contributed by atoms with van der Waals surface area (Å²) in [4.78, 5) is 8.90. The summed E-state index contributed by atoms with van der Waals surface area (Å²) in [6.07, 6.45) is 5.62. The van der Waals surface area contributed by atoms with Crippen LogP contribution in [-0.2, 0) is 0 Å². The van der Waals surface area contributed by atoms with E-state index in [1.165, 1.54) is 12.8 Å². The number of hydrogen-bond acceptors (Lipinski definition) is 4. The molecule has 0 amide bonds. The highest BCUT2D eigenvalue weighted by Crippen LogP contribution is 2.18. The second-order valence-electron chi connectivity index (χ2n) is 4.75. The van der Waals surface area contributed by atoms with Gasteiger partial charge in [-0.25, -0.2) is 4.98 Å². The van der Waals surface area contributed by atoms with Crippen LogP contribution in [0.4, 0.5) is 5.82 Å². The van der Waals surface area contributed by atoms with Crippen LogP contribution in [0.1, 0.15) is 19.3 Å². The zero-order valence-electron chi connectivity index (χ0n) is 10.4. The van der Waals surface area contributed by atoms with Gasteiger partial charge in [-0.2, -0.15) is 0 Å². The van der Waals surface area contributed by atoms with Crippen LogP contribution < -0.4 is 10.6 Å². The van der Waals surface area contributed by atoms with Crippen molar-refractivity contribution in [3.63, 3.8) is 0 Å². The number of rotatable bonds is 6. The Balaban J connectivity index is 1.50. The molecule has 1 aliphatic rings. The molecule has 1 saturated carbocycles. The van der Waals surface area contributed by atoms with Crippen molar-refractivity contribution in [1.82, 2.24) is 15.3 Å². The Morgan fingerprint density at radius 1 is 1.11 bits per heavy atom. The molecule has 18 heavy (non-hydrogen) atoms. The molecule has 0 unspecified atom stereocenters. The van der Waals surface area contributed by atoms with Crippen LogP contribution in [0.2, 0.25) is 0 Å². The summed E-state index contributed by atoms with van der Waals surface area (Å²) in [5.74, 6) is 0.861. The zero-order valence-corrected chi connectivity index (χ0v) is 10.4. The number of nitrogens with one attached hydrogen (secondary N) is 2. The third-order valence-corrected chi connectivity index (χ3v) is 3.12. The standard InChI is InChI=1S/C14H18N4/c1-2-5-13-12(4-1)17-10-14(18-13)16-9-3-8-15-11-6-7-11/h1-2,4-5,10-11,15H,3,6-9H2,(H,16,18). The van der Waals surface area contributed by atoms with E-state index in [4.69, 9.17) is 0 Å². The van der Waals surface area contributed by atoms with Gasteiger partial charge in [-0.1, -0.05) is 12.1 Å². The molecule has 1 aromatic heterocycles. The van der Waals surface area contributed by atoms with E-state index in [0.29, 0.717) is 0 Å². The topological polar surface area (TPSA) is 49.8 Å². The van der Waals surface area contributed by atoms with Crippen LogP contribution in [0.25, 0.3) is 11.0 Å². The Morgan fingerprint density at radius 2 is 1.94 bits per heavy atom. The van der Waals surface area contributed by atoms with Gasteiger partial charge < -0.3 is 10.6 Å². The highest BCUT2D eigenvalue weighted by Gasteiger charge is 2.19. The molecule has 3 rings (SSSR count). The number of fused-ring (bicyclic) bond motifs is 1. The fourth-order valence-corrected chi connectivity index (χ4v) is 1.94. The van der Waals surface area contributed by atoms with Crippen molar-refractivity contribution < 1.29 is 0 Å². The van der Waals surface area contributed by atoms with Crippen LogP contribution in [0.15, 0.2) is 30.5 Å². The number of anilines is 1. The summed E-state index contributed by atoms with van der Waals surface area (Å²) >= 11 is 0. The second-order valence-corrected chi connectivity index (χ2v) is 4.75. The molecule has 0 atom stereocenters. The lowest BCUT2D eigenvalue weighted by molar-refractivity contribution is 0.658. The van der Waals surface area contributed by atoms with Crippen LogP contribution in [0.5, 0.6) is 0 Å². The lowest BCUT2D eigenvalue weighted by Gasteiger charge is -2.06. The van der Waals surface area contributed by atoms with Gasteiger partial charge in [-0.15, -0.1) is 0 Å². The van der Waals surface area contributed by atoms with Gasteiger partial charge >= 0.3 is 0 Å². The highest BCUT2D eigenvalue weighted by atomic mass is 15.0. The summed E-state index contributed by atoms with van der Waals surface area (Å²) in [6, 6.07) is 8.73. The number of para-hydroxylation sites is 2. The number of nitrogens with zero attached hydrogens (tertiary/aromatic N) is 2. The first-order chi connectivity index (χ1) is 8.92. The van der Waals surface area contributed by atoms with Gasteiger partial charge in [0, 0.05) is 12.6 Å². The Kier molecular flexibility index (Phi) is 3.37. The molecule has 1 heterocycles. The van der Waals surface area contributed by atoms with Crippen LogP contribution in [0, 0.1) is 0 Å². The van der Waals surface area contributed by atoms with Gasteiger partial charge in [0.05, 0.1) is 17.2 Å². The average Bonchev–Trinajstić information content (AvgIpc) is 3.22. The minimum atomic E-state index is 0.797. The molecular weight excluding hydrogens is 224 g/mol. The minimum Gasteiger partial charge on any atom is -0.369 e. The molecule has 0 spiro atoms. The molecule has 2 N–H and O–H groups in total. The van der Waals surface area contributed by atoms with Crippen molar-refractivity contribution in [1.29, 1.82) is 0 Å². The highest BCUT2D eigenvalue weighted by molar-refractivity contribution is 5.75. The molecule has 1 fully saturated rings. The van der Waals surface area contributed by atoms with Crippen molar-refractivity contribution in [3.8, 4) is 0 Å². The molecule has 0 aliphatic heterocycles. The van der Waals surface area contributed by atoms with Crippen LogP contribution in [-0.4, -0.2) is 29.1 Å². The maximum absolute atomic E-state index is 4.53. The van der Waals surface area contributed by atoms with E-state index in [-0.39, 0.29) is 0 Å². The van der Waals surface area contributed by atoms with Gasteiger partial charge in [-0.3, -0.25) is 4.98 Å². The molecule has 0 bridgehead atoms. The van der Waals surface area contributed by atoms with Crippen molar-refractivity contribution in [2.24, 2.45) is 0 Å². The Hall–Kier alpha value is -1.68. The summed E-state index contributed by atoms with van der Waals surface area (Å²) < 4.78 is 0. The van der Waals surface area contributed by atoms with Crippen LogP contribution >= 0.6 is 0 Å². The molecule has 0 radical (unpaired) electrons. The van der Waals surface area contributed by atoms with Crippen molar-refractivity contribution in [2.45, 2.75) is 25.3 Å². The number of hydrogen-bond donors (Lipinski definition) is 2. The van der Waals surface area contributed by atoms with Gasteiger partial charge in [0.2, 0.25) is 0 Å². The Labute approximate surface area is 107 Å². The van der Waals surface area contributed by atoms with Gasteiger partial charge in [0.1, 0.15) is 5.82 Å². The first kappa shape index (κ1) is 11.4. The minimum absolute atomic E-state index is 0.797. The van der Waals surface area contributed by atoms with E-state index in [0.717, 1.165) is 42.4 Å². The zero-order chi connectivity index (χ0) is 12.2. The van der Waals surface area contributed by atoms with Crippen molar-refractivity contribution in [2.75, 3.05) is 18.4 Å². The van der Waals surface area contributed by atoms with E-state index >= 15 is 0 Å². The fourth-order valence-electron chi connectivity index (χ4n) is 1.94. The van der Waals surface area contributed by atoms with E-state index in [1.807, 2.05) is 24.3 Å². The monoisotopic (exact) mass is 242 g/mol. The maximum atomic E-state index is 4.53. The molecule has 1 aliphatic carbocycles. The molecule has 1 aromatic carbocycles. The summed E-state index contributed by atoms with van der Waals surface area (Å²) in [7, 11) is 0. The number of benzene rings is 1. The van der Waals surface area contributed by atoms with Gasteiger partial charge in [0.25, 0.3) is 0 Å². The Bertz CT molecular complexity index is 522. The fraction of sp³-hybridized carbons (Fsp3) is 0.429. The normalized spacial score (nSPS) is 14.9. The van der Waals surface area contributed by atoms with E-state index in [2.05, 4.69) is 20.6 Å². The maximum Gasteiger partial charge on any atom is 0.145 e. The molecule has 2 aromatic rings. The smallest absolute Gasteiger partial charge is 0.145 e. The molecule has 4 nitrogen and oxygen atoms in total. The predicted molar refractivity (Wildman–Crippen MR) is 73.7 cm³/mol. The van der Waals surface area contributed by atoms with Crippen molar-refractivity contribution >= 4 is 16.9 Å². The average molecular weight is 242 g/mol. The second kappa shape index (κ2) is 5.31. The third-order valence-electron chi connectivity index (χ3n) is 3.12. The Morgan fingerprint density at radius 3 is 2.78 bits per heavy atom. The lowest BCUT2D eigenvalue weighted by atomic mass is 10.3. The SMILES string of the molecule is c1ccc2nc(NCCCNC3CC3)cnc2c1. The molecular formula is C14H18N4. The van der Waals surface area contributed by atoms with Gasteiger partial charge in [0.15, 0.2) is 0 Å². The van der Waals surface area contributed by atoms with E-state index in [1.54, 1.807) is 6.20 Å². The van der Waals surface area contributed by atoms with Gasteiger partial charge in [-0.05, 0) is 37.9 Å². The quantitative estimate of drug-likeness (QED) is 0.762. The first-order valence-electron chi connectivity index (χ1n) is 6.61. The van der Waals surface area contributed by atoms with Crippen molar-refractivity contribution in [3.05, 3.63) is 30.5 Å². The van der Waals surface area contributed by atoms with Crippen LogP contribution in [0.3, 0.4) is 0 Å². The third kappa shape index (κ3) is 2.96. The van der Waals surface area contributed by atoms with E-state index in [9.17, 15) is 0 Å². The van der Waals surface area contributed by atoms with E-state index < -0.39 is 0 Å². The molecule has 0 saturated heterocycles. The summed E-state index contributed by atoms with van der Waals surface area (Å²) in [5.41, 5.74) is 1.89. The lowest BCUT2D eigenvalue weighted by Crippen LogP contribution is -2.20.